The minimum absolute atomic E-state index is 0.230. The maximum Gasteiger partial charge on any atom is 0.339 e. The maximum atomic E-state index is 12.6. The molecule has 0 atom stereocenters. The van der Waals surface area contributed by atoms with Gasteiger partial charge in [0.05, 0.1) is 11.1 Å². The summed E-state index contributed by atoms with van der Waals surface area (Å²) in [6.45, 7) is 2.23. The van der Waals surface area contributed by atoms with Crippen LogP contribution in [0.4, 0.5) is 0 Å². The van der Waals surface area contributed by atoms with Crippen LogP contribution in [-0.2, 0) is 11.3 Å². The van der Waals surface area contributed by atoms with E-state index in [0.29, 0.717) is 11.1 Å². The van der Waals surface area contributed by atoms with Gasteiger partial charge in [-0.25, -0.2) is 4.79 Å². The first kappa shape index (κ1) is 17.8. The van der Waals surface area contributed by atoms with Gasteiger partial charge in [-0.15, -0.1) is 0 Å². The minimum atomic E-state index is -0.371. The second-order valence-corrected chi connectivity index (χ2v) is 6.86. The lowest BCUT2D eigenvalue weighted by molar-refractivity contribution is 0.0468. The molecule has 3 rings (SSSR count). The van der Waals surface area contributed by atoms with Crippen molar-refractivity contribution < 1.29 is 9.53 Å². The van der Waals surface area contributed by atoms with Gasteiger partial charge >= 0.3 is 5.97 Å². The molecule has 0 radical (unpaired) electrons. The Balaban J connectivity index is 1.78. The smallest absolute Gasteiger partial charge is 0.339 e. The van der Waals surface area contributed by atoms with Gasteiger partial charge in [0.1, 0.15) is 12.7 Å². The molecule has 26 heavy (non-hydrogen) atoms. The monoisotopic (exact) mass is 359 g/mol. The van der Waals surface area contributed by atoms with Crippen molar-refractivity contribution in [2.75, 3.05) is 0 Å². The van der Waals surface area contributed by atoms with Gasteiger partial charge in [-0.3, -0.25) is 0 Å². The van der Waals surface area contributed by atoms with E-state index in [9.17, 15) is 10.1 Å². The Morgan fingerprint density at radius 2 is 1.73 bits per heavy atom. The second-order valence-electron chi connectivity index (χ2n) is 5.77. The van der Waals surface area contributed by atoms with Crippen LogP contribution in [0.15, 0.2) is 82.6 Å². The summed E-state index contributed by atoms with van der Waals surface area (Å²) in [5, 5.41) is 9.25. The summed E-state index contributed by atoms with van der Waals surface area (Å²) in [6, 6.07) is 24.7. The molecule has 0 unspecified atom stereocenters. The van der Waals surface area contributed by atoms with E-state index in [2.05, 4.69) is 6.07 Å². The lowest BCUT2D eigenvalue weighted by Crippen LogP contribution is -2.06. The number of benzene rings is 3. The Morgan fingerprint density at radius 3 is 2.50 bits per heavy atom. The highest BCUT2D eigenvalue weighted by Crippen LogP contribution is 2.33. The van der Waals surface area contributed by atoms with E-state index >= 15 is 0 Å². The van der Waals surface area contributed by atoms with Crippen LogP contribution < -0.4 is 0 Å². The molecule has 128 valence electrons. The van der Waals surface area contributed by atoms with E-state index in [0.717, 1.165) is 20.9 Å². The van der Waals surface area contributed by atoms with Gasteiger partial charge in [-0.2, -0.15) is 5.26 Å². The van der Waals surface area contributed by atoms with Crippen LogP contribution in [0, 0.1) is 18.3 Å². The van der Waals surface area contributed by atoms with Crippen molar-refractivity contribution in [1.82, 2.24) is 0 Å². The molecule has 0 heterocycles. The molecule has 3 aromatic carbocycles. The van der Waals surface area contributed by atoms with Gasteiger partial charge in [-0.1, -0.05) is 65.9 Å². The lowest BCUT2D eigenvalue weighted by atomic mass is 10.1. The number of carbonyl (C=O) groups is 1. The summed E-state index contributed by atoms with van der Waals surface area (Å²) >= 11 is 1.39. The van der Waals surface area contributed by atoms with Gasteiger partial charge in [0.15, 0.2) is 0 Å². The number of hydrogen-bond donors (Lipinski definition) is 0. The first-order valence-electron chi connectivity index (χ1n) is 8.16. The van der Waals surface area contributed by atoms with E-state index in [4.69, 9.17) is 4.74 Å². The number of nitrogens with zero attached hydrogens (tertiary/aromatic N) is 1. The molecule has 0 spiro atoms. The number of aryl methyl sites for hydroxylation is 1. The molecule has 0 saturated carbocycles. The van der Waals surface area contributed by atoms with Crippen molar-refractivity contribution in [3.63, 3.8) is 0 Å². The zero-order chi connectivity index (χ0) is 18.4. The maximum absolute atomic E-state index is 12.6. The van der Waals surface area contributed by atoms with Crippen molar-refractivity contribution >= 4 is 17.7 Å². The molecule has 0 aliphatic heterocycles. The summed E-state index contributed by atoms with van der Waals surface area (Å²) in [6.07, 6.45) is 0. The van der Waals surface area contributed by atoms with Crippen molar-refractivity contribution in [2.24, 2.45) is 0 Å². The quantitative estimate of drug-likeness (QED) is 0.574. The molecule has 0 fully saturated rings. The van der Waals surface area contributed by atoms with Crippen molar-refractivity contribution in [3.05, 3.63) is 95.1 Å². The number of rotatable bonds is 5. The Kier molecular flexibility index (Phi) is 5.73. The van der Waals surface area contributed by atoms with E-state index in [1.807, 2.05) is 67.6 Å². The van der Waals surface area contributed by atoms with E-state index in [1.54, 1.807) is 12.1 Å². The number of esters is 1. The van der Waals surface area contributed by atoms with Crippen LogP contribution in [0.5, 0.6) is 0 Å². The zero-order valence-electron chi connectivity index (χ0n) is 14.3. The summed E-state index contributed by atoms with van der Waals surface area (Å²) in [7, 11) is 0. The highest BCUT2D eigenvalue weighted by atomic mass is 32.2. The summed E-state index contributed by atoms with van der Waals surface area (Å²) < 4.78 is 5.49. The molecule has 0 saturated heterocycles. The Labute approximate surface area is 157 Å². The standard InChI is InChI=1S/C22H17NO2S/c1-16-7-6-8-17(13-16)15-25-22(24)19-10-3-5-12-21(19)26-20-11-4-2-9-18(20)14-23/h2-13H,15H2,1H3. The van der Waals surface area contributed by atoms with Gasteiger partial charge in [0.25, 0.3) is 0 Å². The summed E-state index contributed by atoms with van der Waals surface area (Å²) in [4.78, 5) is 14.1. The zero-order valence-corrected chi connectivity index (χ0v) is 15.1. The number of carbonyl (C=O) groups excluding carboxylic acids is 1. The molecule has 0 N–H and O–H groups in total. The molecular weight excluding hydrogens is 342 g/mol. The average molecular weight is 359 g/mol. The molecule has 0 bridgehead atoms. The van der Waals surface area contributed by atoms with Crippen LogP contribution in [-0.4, -0.2) is 5.97 Å². The Bertz CT molecular complexity index is 976. The van der Waals surface area contributed by atoms with E-state index < -0.39 is 0 Å². The molecule has 4 heteroatoms. The van der Waals surface area contributed by atoms with Crippen molar-refractivity contribution in [2.45, 2.75) is 23.3 Å². The highest BCUT2D eigenvalue weighted by Gasteiger charge is 2.15. The predicted molar refractivity (Wildman–Crippen MR) is 102 cm³/mol. The lowest BCUT2D eigenvalue weighted by Gasteiger charge is -2.10. The Hall–Kier alpha value is -3.03. The van der Waals surface area contributed by atoms with Crippen LogP contribution in [0.3, 0.4) is 0 Å². The second kappa shape index (κ2) is 8.37. The van der Waals surface area contributed by atoms with Gasteiger partial charge in [-0.05, 0) is 36.8 Å². The summed E-state index contributed by atoms with van der Waals surface area (Å²) in [5.41, 5.74) is 3.17. The van der Waals surface area contributed by atoms with Crippen LogP contribution >= 0.6 is 11.8 Å². The normalized spacial score (nSPS) is 10.2. The average Bonchev–Trinajstić information content (AvgIpc) is 2.67. The third-order valence-electron chi connectivity index (χ3n) is 3.79. The van der Waals surface area contributed by atoms with E-state index in [-0.39, 0.29) is 12.6 Å². The molecular formula is C22H17NO2S. The number of hydrogen-bond acceptors (Lipinski definition) is 4. The molecule has 3 aromatic rings. The number of nitriles is 1. The molecule has 0 aliphatic rings. The van der Waals surface area contributed by atoms with Gasteiger partial charge in [0, 0.05) is 9.79 Å². The fraction of sp³-hybridized carbons (Fsp3) is 0.0909. The van der Waals surface area contributed by atoms with Crippen LogP contribution in [0.25, 0.3) is 0 Å². The van der Waals surface area contributed by atoms with Crippen LogP contribution in [0.2, 0.25) is 0 Å². The SMILES string of the molecule is Cc1cccc(COC(=O)c2ccccc2Sc2ccccc2C#N)c1. The number of ether oxygens (including phenoxy) is 1. The molecule has 3 nitrogen and oxygen atoms in total. The first-order chi connectivity index (χ1) is 12.7. The third-order valence-corrected chi connectivity index (χ3v) is 4.94. The van der Waals surface area contributed by atoms with Crippen molar-refractivity contribution in [1.29, 1.82) is 5.26 Å². The van der Waals surface area contributed by atoms with Gasteiger partial charge < -0.3 is 4.74 Å². The topological polar surface area (TPSA) is 50.1 Å². The molecule has 0 aromatic heterocycles. The summed E-state index contributed by atoms with van der Waals surface area (Å²) in [5.74, 6) is -0.371. The fourth-order valence-corrected chi connectivity index (χ4v) is 3.53. The van der Waals surface area contributed by atoms with Crippen molar-refractivity contribution in [3.8, 4) is 6.07 Å². The predicted octanol–water partition coefficient (Wildman–Crippen LogP) is 5.37. The third kappa shape index (κ3) is 4.33. The minimum Gasteiger partial charge on any atom is -0.457 e. The van der Waals surface area contributed by atoms with Gasteiger partial charge in [0.2, 0.25) is 0 Å². The largest absolute Gasteiger partial charge is 0.457 e. The van der Waals surface area contributed by atoms with Crippen LogP contribution in [0.1, 0.15) is 27.0 Å². The highest BCUT2D eigenvalue weighted by molar-refractivity contribution is 7.99. The fourth-order valence-electron chi connectivity index (χ4n) is 2.52. The van der Waals surface area contributed by atoms with E-state index in [1.165, 1.54) is 11.8 Å². The molecule has 0 aliphatic carbocycles. The Morgan fingerprint density at radius 1 is 1.00 bits per heavy atom. The molecule has 0 amide bonds. The first-order valence-corrected chi connectivity index (χ1v) is 8.97.